The molecule has 4 N–H and O–H groups in total. The van der Waals surface area contributed by atoms with E-state index in [0.29, 0.717) is 13.0 Å². The number of para-hydroxylation sites is 1. The Balaban J connectivity index is 1.65. The van der Waals surface area contributed by atoms with Crippen LogP contribution in [0.1, 0.15) is 11.3 Å². The van der Waals surface area contributed by atoms with Crippen LogP contribution in [-0.2, 0) is 17.8 Å². The fourth-order valence-corrected chi connectivity index (χ4v) is 2.35. The minimum Gasteiger partial charge on any atom is -0.351 e. The number of amides is 1. The van der Waals surface area contributed by atoms with Gasteiger partial charge in [-0.05, 0) is 11.6 Å². The van der Waals surface area contributed by atoms with Gasteiger partial charge in [0.25, 0.3) is 0 Å². The van der Waals surface area contributed by atoms with E-state index < -0.39 is 6.04 Å². The molecule has 2 aromatic heterocycles. The first-order chi connectivity index (χ1) is 10.7. The molecule has 6 nitrogen and oxygen atoms in total. The lowest BCUT2D eigenvalue weighted by Gasteiger charge is -2.12. The number of nitrogens with two attached hydrogens (primary N) is 1. The van der Waals surface area contributed by atoms with Gasteiger partial charge in [0.15, 0.2) is 0 Å². The van der Waals surface area contributed by atoms with Crippen LogP contribution in [0, 0.1) is 0 Å². The molecule has 0 saturated heterocycles. The number of hydrogen-bond donors (Lipinski definition) is 3. The van der Waals surface area contributed by atoms with Crippen LogP contribution < -0.4 is 11.1 Å². The highest BCUT2D eigenvalue weighted by Gasteiger charge is 2.14. The Morgan fingerprint density at radius 1 is 1.32 bits per heavy atom. The van der Waals surface area contributed by atoms with Crippen LogP contribution in [-0.4, -0.2) is 26.9 Å². The molecule has 0 fully saturated rings. The summed E-state index contributed by atoms with van der Waals surface area (Å²) in [4.78, 5) is 23.3. The van der Waals surface area contributed by atoms with Gasteiger partial charge >= 0.3 is 0 Å². The van der Waals surface area contributed by atoms with E-state index in [1.54, 1.807) is 18.7 Å². The lowest BCUT2D eigenvalue weighted by atomic mass is 10.1. The van der Waals surface area contributed by atoms with Gasteiger partial charge in [0, 0.05) is 36.4 Å². The number of hydrogen-bond acceptors (Lipinski definition) is 4. The third-order valence-corrected chi connectivity index (χ3v) is 3.50. The molecule has 0 aliphatic carbocycles. The summed E-state index contributed by atoms with van der Waals surface area (Å²) < 4.78 is 0. The first-order valence-electron chi connectivity index (χ1n) is 7.07. The molecule has 2 heterocycles. The van der Waals surface area contributed by atoms with E-state index in [4.69, 9.17) is 5.73 Å². The van der Waals surface area contributed by atoms with Crippen LogP contribution in [0.3, 0.4) is 0 Å². The summed E-state index contributed by atoms with van der Waals surface area (Å²) in [6.45, 7) is 0.407. The maximum Gasteiger partial charge on any atom is 0.237 e. The summed E-state index contributed by atoms with van der Waals surface area (Å²) in [7, 11) is 0. The van der Waals surface area contributed by atoms with Crippen LogP contribution in [0.15, 0.2) is 49.1 Å². The second-order valence-corrected chi connectivity index (χ2v) is 5.10. The van der Waals surface area contributed by atoms with Crippen molar-refractivity contribution in [2.24, 2.45) is 5.73 Å². The smallest absolute Gasteiger partial charge is 0.237 e. The Kier molecular flexibility index (Phi) is 4.11. The van der Waals surface area contributed by atoms with Gasteiger partial charge in [-0.25, -0.2) is 4.98 Å². The lowest BCUT2D eigenvalue weighted by molar-refractivity contribution is -0.122. The number of fused-ring (bicyclic) bond motifs is 1. The van der Waals surface area contributed by atoms with E-state index in [9.17, 15) is 4.79 Å². The normalized spacial score (nSPS) is 12.2. The number of aromatic amines is 1. The number of aromatic nitrogens is 3. The Morgan fingerprint density at radius 2 is 2.18 bits per heavy atom. The molecule has 0 aliphatic rings. The van der Waals surface area contributed by atoms with E-state index in [0.717, 1.165) is 22.2 Å². The summed E-state index contributed by atoms with van der Waals surface area (Å²) in [5.74, 6) is -0.192. The molecule has 3 rings (SSSR count). The number of carbonyl (C=O) groups excluding carboxylic acids is 1. The van der Waals surface area contributed by atoms with Crippen LogP contribution in [0.4, 0.5) is 0 Å². The van der Waals surface area contributed by atoms with E-state index in [2.05, 4.69) is 20.3 Å². The number of rotatable bonds is 5. The Morgan fingerprint density at radius 3 is 3.00 bits per heavy atom. The van der Waals surface area contributed by atoms with E-state index >= 15 is 0 Å². The van der Waals surface area contributed by atoms with Crippen molar-refractivity contribution in [2.45, 2.75) is 19.0 Å². The van der Waals surface area contributed by atoms with Crippen molar-refractivity contribution in [1.29, 1.82) is 0 Å². The van der Waals surface area contributed by atoms with Gasteiger partial charge in [0.2, 0.25) is 5.91 Å². The molecule has 0 unspecified atom stereocenters. The zero-order valence-corrected chi connectivity index (χ0v) is 12.0. The summed E-state index contributed by atoms with van der Waals surface area (Å²) in [6, 6.07) is 9.19. The van der Waals surface area contributed by atoms with Gasteiger partial charge in [-0.15, -0.1) is 0 Å². The SMILES string of the molecule is N[C@H](Cc1cnc[nH]1)C(=O)NCc1cccc2cccnc12. The monoisotopic (exact) mass is 295 g/mol. The molecule has 1 aromatic carbocycles. The molecule has 3 aromatic rings. The van der Waals surface area contributed by atoms with E-state index in [-0.39, 0.29) is 5.91 Å². The maximum absolute atomic E-state index is 12.1. The Bertz CT molecular complexity index is 764. The molecule has 0 saturated carbocycles. The molecular weight excluding hydrogens is 278 g/mol. The van der Waals surface area contributed by atoms with Crippen LogP contribution in [0.2, 0.25) is 0 Å². The van der Waals surface area contributed by atoms with Crippen LogP contribution in [0.25, 0.3) is 10.9 Å². The van der Waals surface area contributed by atoms with Gasteiger partial charge in [-0.3, -0.25) is 9.78 Å². The molecule has 1 atom stereocenters. The standard InChI is InChI=1S/C16H17N5O/c17-14(7-13-9-18-10-21-13)16(22)20-8-12-4-1-3-11-5-2-6-19-15(11)12/h1-6,9-10,14H,7-8,17H2,(H,18,21)(H,20,22)/t14-/m1/s1. The zero-order valence-electron chi connectivity index (χ0n) is 12.0. The largest absolute Gasteiger partial charge is 0.351 e. The Hall–Kier alpha value is -2.73. The topological polar surface area (TPSA) is 96.7 Å². The number of nitrogens with zero attached hydrogens (tertiary/aromatic N) is 2. The van der Waals surface area contributed by atoms with Gasteiger partial charge in [0.05, 0.1) is 17.9 Å². The predicted molar refractivity (Wildman–Crippen MR) is 83.9 cm³/mol. The van der Waals surface area contributed by atoms with Crippen molar-refractivity contribution in [3.05, 3.63) is 60.3 Å². The molecule has 0 radical (unpaired) electrons. The summed E-state index contributed by atoms with van der Waals surface area (Å²) >= 11 is 0. The third kappa shape index (κ3) is 3.12. The summed E-state index contributed by atoms with van der Waals surface area (Å²) in [5.41, 5.74) is 8.62. The van der Waals surface area contributed by atoms with Crippen molar-refractivity contribution in [1.82, 2.24) is 20.3 Å². The van der Waals surface area contributed by atoms with Gasteiger partial charge in [-0.1, -0.05) is 24.3 Å². The van der Waals surface area contributed by atoms with Gasteiger partial charge in [0.1, 0.15) is 0 Å². The third-order valence-electron chi connectivity index (χ3n) is 3.50. The average Bonchev–Trinajstić information content (AvgIpc) is 3.05. The molecular formula is C16H17N5O. The number of pyridine rings is 1. The summed E-state index contributed by atoms with van der Waals surface area (Å²) in [5, 5.41) is 3.92. The maximum atomic E-state index is 12.1. The van der Waals surface area contributed by atoms with Crippen molar-refractivity contribution in [3.8, 4) is 0 Å². The number of H-pyrrole nitrogens is 1. The molecule has 1 amide bonds. The fraction of sp³-hybridized carbons (Fsp3) is 0.188. The van der Waals surface area contributed by atoms with Gasteiger partial charge in [-0.2, -0.15) is 0 Å². The molecule has 0 spiro atoms. The second-order valence-electron chi connectivity index (χ2n) is 5.10. The highest BCUT2D eigenvalue weighted by molar-refractivity contribution is 5.84. The minimum atomic E-state index is -0.608. The second kappa shape index (κ2) is 6.36. The molecule has 0 bridgehead atoms. The van der Waals surface area contributed by atoms with Crippen molar-refractivity contribution < 1.29 is 4.79 Å². The first kappa shape index (κ1) is 14.2. The number of carbonyl (C=O) groups is 1. The Labute approximate surface area is 127 Å². The van der Waals surface area contributed by atoms with Crippen molar-refractivity contribution in [3.63, 3.8) is 0 Å². The highest BCUT2D eigenvalue weighted by Crippen LogP contribution is 2.15. The predicted octanol–water partition coefficient (Wildman–Crippen LogP) is 1.14. The lowest BCUT2D eigenvalue weighted by Crippen LogP contribution is -2.41. The minimum absolute atomic E-state index is 0.192. The van der Waals surface area contributed by atoms with Crippen molar-refractivity contribution in [2.75, 3.05) is 0 Å². The molecule has 22 heavy (non-hydrogen) atoms. The molecule has 112 valence electrons. The van der Waals surface area contributed by atoms with E-state index in [1.807, 2.05) is 30.3 Å². The van der Waals surface area contributed by atoms with Gasteiger partial charge < -0.3 is 16.0 Å². The number of nitrogens with one attached hydrogen (secondary N) is 2. The fourth-order valence-electron chi connectivity index (χ4n) is 2.35. The van der Waals surface area contributed by atoms with Crippen LogP contribution >= 0.6 is 0 Å². The number of benzene rings is 1. The average molecular weight is 295 g/mol. The highest BCUT2D eigenvalue weighted by atomic mass is 16.2. The van der Waals surface area contributed by atoms with E-state index in [1.165, 1.54) is 0 Å². The number of imidazole rings is 1. The quantitative estimate of drug-likeness (QED) is 0.657. The van der Waals surface area contributed by atoms with Crippen molar-refractivity contribution >= 4 is 16.8 Å². The zero-order chi connectivity index (χ0) is 15.4. The van der Waals surface area contributed by atoms with Crippen LogP contribution in [0.5, 0.6) is 0 Å². The summed E-state index contributed by atoms with van der Waals surface area (Å²) in [6.07, 6.45) is 5.42. The molecule has 6 heteroatoms. The molecule has 0 aliphatic heterocycles. The first-order valence-corrected chi connectivity index (χ1v) is 7.07.